The maximum absolute atomic E-state index is 6.25. The average Bonchev–Trinajstić information content (AvgIpc) is 3.20. The third-order valence-electron chi connectivity index (χ3n) is 5.35. The van der Waals surface area contributed by atoms with Crippen LogP contribution < -0.4 is 15.9 Å². The van der Waals surface area contributed by atoms with E-state index in [-0.39, 0.29) is 6.04 Å². The van der Waals surface area contributed by atoms with Crippen molar-refractivity contribution < 1.29 is 4.40 Å². The lowest BCUT2D eigenvalue weighted by atomic mass is 10.1. The molecule has 6 nitrogen and oxygen atoms in total. The minimum Gasteiger partial charge on any atom is -0.326 e. The second-order valence-corrected chi connectivity index (χ2v) is 7.46. The lowest BCUT2D eigenvalue weighted by molar-refractivity contribution is -0.522. The summed E-state index contributed by atoms with van der Waals surface area (Å²) in [6.45, 7) is 2.45. The van der Waals surface area contributed by atoms with E-state index in [1.165, 1.54) is 0 Å². The zero-order chi connectivity index (χ0) is 20.7. The largest absolute Gasteiger partial charge is 0.326 e. The number of pyridine rings is 2. The highest BCUT2D eigenvalue weighted by Crippen LogP contribution is 2.26. The molecule has 3 aromatic heterocycles. The Labute approximate surface area is 174 Å². The number of aromatic nitrogens is 4. The molecule has 5 aromatic rings. The lowest BCUT2D eigenvalue weighted by Crippen LogP contribution is -2.29. The van der Waals surface area contributed by atoms with E-state index in [2.05, 4.69) is 22.6 Å². The number of fused-ring (bicyclic) bond motifs is 3. The van der Waals surface area contributed by atoms with Crippen molar-refractivity contribution in [2.45, 2.75) is 19.5 Å². The van der Waals surface area contributed by atoms with Crippen molar-refractivity contribution in [3.05, 3.63) is 90.5 Å². The first kappa shape index (κ1) is 18.4. The molecule has 148 valence electrons. The number of benzene rings is 2. The Morgan fingerprint density at radius 2 is 1.77 bits per heavy atom. The van der Waals surface area contributed by atoms with Crippen molar-refractivity contribution in [3.8, 4) is 16.8 Å². The van der Waals surface area contributed by atoms with Gasteiger partial charge in [0.25, 0.3) is 11.5 Å². The van der Waals surface area contributed by atoms with Gasteiger partial charge in [-0.2, -0.15) is 4.40 Å². The molecular formula is C24H23N6+. The summed E-state index contributed by atoms with van der Waals surface area (Å²) in [6.07, 6.45) is 3.90. The smallest absolute Gasteiger partial charge is 0.299 e. The minimum atomic E-state index is -0.218. The maximum atomic E-state index is 6.25. The van der Waals surface area contributed by atoms with E-state index in [4.69, 9.17) is 21.5 Å². The molecule has 0 amide bonds. The maximum Gasteiger partial charge on any atom is 0.299 e. The molecule has 5 rings (SSSR count). The van der Waals surface area contributed by atoms with Crippen LogP contribution in [0.25, 0.3) is 33.4 Å². The predicted molar refractivity (Wildman–Crippen MR) is 118 cm³/mol. The highest BCUT2D eigenvalue weighted by atomic mass is 15.4. The third-order valence-corrected chi connectivity index (χ3v) is 5.35. The van der Waals surface area contributed by atoms with Gasteiger partial charge < -0.3 is 11.5 Å². The predicted octanol–water partition coefficient (Wildman–Crippen LogP) is 3.30. The summed E-state index contributed by atoms with van der Waals surface area (Å²) in [4.78, 5) is 4.72. The van der Waals surface area contributed by atoms with Gasteiger partial charge in [-0.15, -0.1) is 0 Å². The van der Waals surface area contributed by atoms with E-state index < -0.39 is 0 Å². The molecule has 2 aromatic carbocycles. The minimum absolute atomic E-state index is 0.218. The van der Waals surface area contributed by atoms with Gasteiger partial charge in [0.1, 0.15) is 5.69 Å². The molecule has 0 saturated carbocycles. The Hall–Kier alpha value is -3.61. The average molecular weight is 395 g/mol. The fraction of sp³-hybridized carbons (Fsp3) is 0.125. The van der Waals surface area contributed by atoms with Crippen molar-refractivity contribution in [3.63, 3.8) is 0 Å². The number of hydrogen-bond acceptors (Lipinski definition) is 4. The molecule has 0 bridgehead atoms. The standard InChI is InChI=1S/C24H23N6/c1-16(26)23-28-30(20-9-7-17(14-25)8-10-20)24-21-13-19(18-5-3-2-4-6-18)15-27-22(21)11-12-29(23)24/h2-13,15-16H,14,25-26H2,1H3/q+1. The molecule has 0 fully saturated rings. The van der Waals surface area contributed by atoms with Crippen LogP contribution in [-0.2, 0) is 6.54 Å². The topological polar surface area (TPSA) is 86.8 Å². The van der Waals surface area contributed by atoms with Crippen LogP contribution in [0.1, 0.15) is 24.4 Å². The van der Waals surface area contributed by atoms with Crippen LogP contribution in [0.2, 0.25) is 0 Å². The van der Waals surface area contributed by atoms with Gasteiger partial charge in [-0.25, -0.2) is 0 Å². The van der Waals surface area contributed by atoms with E-state index in [0.29, 0.717) is 6.54 Å². The van der Waals surface area contributed by atoms with Gasteiger partial charge in [0.15, 0.2) is 0 Å². The molecule has 0 spiro atoms. The second kappa shape index (κ2) is 7.33. The zero-order valence-corrected chi connectivity index (χ0v) is 16.7. The highest BCUT2D eigenvalue weighted by Gasteiger charge is 2.26. The number of rotatable bonds is 4. The lowest BCUT2D eigenvalue weighted by Gasteiger charge is -2.05. The van der Waals surface area contributed by atoms with Crippen molar-refractivity contribution in [1.82, 2.24) is 14.8 Å². The van der Waals surface area contributed by atoms with Gasteiger partial charge >= 0.3 is 0 Å². The number of nitrogens with two attached hydrogens (primary N) is 2. The third kappa shape index (κ3) is 3.03. The van der Waals surface area contributed by atoms with Gasteiger partial charge in [0, 0.05) is 23.4 Å². The normalized spacial score (nSPS) is 12.5. The number of hydrogen-bond donors (Lipinski definition) is 2. The van der Waals surface area contributed by atoms with E-state index in [1.807, 2.05) is 72.5 Å². The van der Waals surface area contributed by atoms with Crippen LogP contribution in [0.3, 0.4) is 0 Å². The monoisotopic (exact) mass is 395 g/mol. The van der Waals surface area contributed by atoms with E-state index in [1.54, 1.807) is 0 Å². The zero-order valence-electron chi connectivity index (χ0n) is 16.7. The van der Waals surface area contributed by atoms with E-state index in [0.717, 1.165) is 44.8 Å². The molecule has 30 heavy (non-hydrogen) atoms. The van der Waals surface area contributed by atoms with Crippen molar-refractivity contribution in [1.29, 1.82) is 0 Å². The summed E-state index contributed by atoms with van der Waals surface area (Å²) in [5.41, 5.74) is 18.1. The molecule has 0 aliphatic rings. The van der Waals surface area contributed by atoms with Crippen LogP contribution >= 0.6 is 0 Å². The number of nitrogens with zero attached hydrogens (tertiary/aromatic N) is 4. The van der Waals surface area contributed by atoms with Crippen molar-refractivity contribution >= 4 is 16.6 Å². The van der Waals surface area contributed by atoms with Crippen LogP contribution in [-0.4, -0.2) is 14.8 Å². The first-order valence-electron chi connectivity index (χ1n) is 9.99. The molecule has 0 aliphatic heterocycles. The summed E-state index contributed by atoms with van der Waals surface area (Å²) in [5, 5.41) is 5.88. The summed E-state index contributed by atoms with van der Waals surface area (Å²) in [6, 6.07) is 22.3. The van der Waals surface area contributed by atoms with Crippen molar-refractivity contribution in [2.24, 2.45) is 11.5 Å². The van der Waals surface area contributed by atoms with Gasteiger partial charge in [-0.3, -0.25) is 4.98 Å². The first-order chi connectivity index (χ1) is 14.7. The van der Waals surface area contributed by atoms with Crippen LogP contribution in [0.15, 0.2) is 79.1 Å². The van der Waals surface area contributed by atoms with Crippen molar-refractivity contribution in [2.75, 3.05) is 0 Å². The van der Waals surface area contributed by atoms with Gasteiger partial charge in [0.05, 0.1) is 23.1 Å². The molecule has 0 saturated heterocycles. The van der Waals surface area contributed by atoms with Crippen LogP contribution in [0.5, 0.6) is 0 Å². The summed E-state index contributed by atoms with van der Waals surface area (Å²) in [7, 11) is 0. The Kier molecular flexibility index (Phi) is 4.50. The van der Waals surface area contributed by atoms with Gasteiger partial charge in [-0.1, -0.05) is 47.1 Å². The molecule has 3 heterocycles. The quantitative estimate of drug-likeness (QED) is 0.457. The second-order valence-electron chi connectivity index (χ2n) is 7.46. The molecule has 1 atom stereocenters. The molecule has 1 unspecified atom stereocenters. The van der Waals surface area contributed by atoms with E-state index in [9.17, 15) is 0 Å². The fourth-order valence-corrected chi connectivity index (χ4v) is 3.78. The molecular weight excluding hydrogens is 372 g/mol. The highest BCUT2D eigenvalue weighted by molar-refractivity contribution is 5.92. The summed E-state index contributed by atoms with van der Waals surface area (Å²) in [5.74, 6) is 0.792. The molecule has 0 aliphatic carbocycles. The fourth-order valence-electron chi connectivity index (χ4n) is 3.78. The Bertz CT molecular complexity index is 1340. The molecule has 4 N–H and O–H groups in total. The van der Waals surface area contributed by atoms with Gasteiger partial charge in [0.2, 0.25) is 0 Å². The summed E-state index contributed by atoms with van der Waals surface area (Å²) >= 11 is 0. The van der Waals surface area contributed by atoms with Gasteiger partial charge in [-0.05, 0) is 42.3 Å². The van der Waals surface area contributed by atoms with Crippen LogP contribution in [0, 0.1) is 0 Å². The van der Waals surface area contributed by atoms with Crippen LogP contribution in [0.4, 0.5) is 0 Å². The molecule has 6 heteroatoms. The Morgan fingerprint density at radius 3 is 2.47 bits per heavy atom. The Morgan fingerprint density at radius 1 is 1.00 bits per heavy atom. The SMILES string of the molecule is CC(N)c1nn(-c2ccc(CN)cc2)c2c3cc(-c4ccccc4)cnc3cc[n+]12. The first-order valence-corrected chi connectivity index (χ1v) is 9.99. The van der Waals surface area contributed by atoms with E-state index >= 15 is 0 Å². The summed E-state index contributed by atoms with van der Waals surface area (Å²) < 4.78 is 4.00. The molecule has 0 radical (unpaired) electrons. The Balaban J connectivity index is 1.82.